The number of halogens is 1. The number of anilines is 1. The van der Waals surface area contributed by atoms with Gasteiger partial charge in [-0.15, -0.1) is 10.2 Å². The highest BCUT2D eigenvalue weighted by Gasteiger charge is 2.10. The molecule has 0 aliphatic rings. The summed E-state index contributed by atoms with van der Waals surface area (Å²) in [5, 5.41) is 9.20. The molecule has 1 heterocycles. The lowest BCUT2D eigenvalue weighted by molar-refractivity contribution is 0.811. The van der Waals surface area contributed by atoms with Gasteiger partial charge in [-0.1, -0.05) is 45.1 Å². The highest BCUT2D eigenvalue weighted by Crippen LogP contribution is 2.35. The van der Waals surface area contributed by atoms with Crippen LogP contribution in [-0.2, 0) is 0 Å². The summed E-state index contributed by atoms with van der Waals surface area (Å²) in [6.45, 7) is 1.97. The first-order valence-corrected chi connectivity index (χ1v) is 8.13. The van der Waals surface area contributed by atoms with Crippen molar-refractivity contribution >= 4 is 44.2 Å². The summed E-state index contributed by atoms with van der Waals surface area (Å²) < 4.78 is 1.97. The van der Waals surface area contributed by atoms with E-state index in [1.165, 1.54) is 0 Å². The second-order valence-electron chi connectivity index (χ2n) is 4.32. The maximum absolute atomic E-state index is 5.89. The van der Waals surface area contributed by atoms with Gasteiger partial charge in [0.2, 0.25) is 5.13 Å². The predicted molar refractivity (Wildman–Crippen MR) is 85.1 cm³/mol. The van der Waals surface area contributed by atoms with Gasteiger partial charge in [-0.3, -0.25) is 0 Å². The Kier molecular flexibility index (Phi) is 4.83. The first-order valence-electron chi connectivity index (χ1n) is 5.71. The molecule has 1 aromatic heterocycles. The lowest BCUT2D eigenvalue weighted by Crippen LogP contribution is -2.07. The molecular formula is C12H15BrN4S2. The highest BCUT2D eigenvalue weighted by atomic mass is 79.9. The Labute approximate surface area is 129 Å². The lowest BCUT2D eigenvalue weighted by atomic mass is 10.1. The molecule has 0 fully saturated rings. The zero-order valence-electron chi connectivity index (χ0n) is 10.9. The van der Waals surface area contributed by atoms with Crippen molar-refractivity contribution in [2.24, 2.45) is 5.73 Å². The zero-order chi connectivity index (χ0) is 14.0. The van der Waals surface area contributed by atoms with Crippen molar-refractivity contribution in [2.45, 2.75) is 22.2 Å². The Hall–Kier alpha value is -0.630. The van der Waals surface area contributed by atoms with Crippen LogP contribution in [0.25, 0.3) is 0 Å². The van der Waals surface area contributed by atoms with Gasteiger partial charge >= 0.3 is 0 Å². The summed E-state index contributed by atoms with van der Waals surface area (Å²) in [5.41, 5.74) is 7.00. The number of nitrogens with two attached hydrogens (primary N) is 1. The molecule has 0 aliphatic heterocycles. The van der Waals surface area contributed by atoms with Gasteiger partial charge in [0.1, 0.15) is 0 Å². The SMILES string of the molecule is CC(N)c1ccc(Sc2nnc(N(C)C)s2)cc1Br. The topological polar surface area (TPSA) is 55.0 Å². The average Bonchev–Trinajstić information content (AvgIpc) is 2.77. The van der Waals surface area contributed by atoms with Crippen LogP contribution in [-0.4, -0.2) is 24.3 Å². The predicted octanol–water partition coefficient (Wildman–Crippen LogP) is 3.54. The molecule has 0 radical (unpaired) electrons. The minimum Gasteiger partial charge on any atom is -0.353 e. The fraction of sp³-hybridized carbons (Fsp3) is 0.333. The van der Waals surface area contributed by atoms with E-state index in [-0.39, 0.29) is 6.04 Å². The van der Waals surface area contributed by atoms with E-state index >= 15 is 0 Å². The van der Waals surface area contributed by atoms with E-state index in [0.29, 0.717) is 0 Å². The van der Waals surface area contributed by atoms with Gasteiger partial charge in [-0.2, -0.15) is 0 Å². The molecule has 7 heteroatoms. The minimum atomic E-state index is 0.0234. The van der Waals surface area contributed by atoms with Crippen molar-refractivity contribution in [3.8, 4) is 0 Å². The molecule has 2 rings (SSSR count). The van der Waals surface area contributed by atoms with Crippen LogP contribution in [0.15, 0.2) is 31.9 Å². The van der Waals surface area contributed by atoms with E-state index < -0.39 is 0 Å². The molecule has 102 valence electrons. The maximum Gasteiger partial charge on any atom is 0.208 e. The third kappa shape index (κ3) is 3.68. The molecule has 0 aliphatic carbocycles. The van der Waals surface area contributed by atoms with Crippen molar-refractivity contribution in [2.75, 3.05) is 19.0 Å². The Morgan fingerprint density at radius 1 is 1.37 bits per heavy atom. The number of benzene rings is 1. The summed E-state index contributed by atoms with van der Waals surface area (Å²) >= 11 is 6.74. The molecule has 1 atom stereocenters. The molecule has 0 spiro atoms. The van der Waals surface area contributed by atoms with Crippen LogP contribution in [0.4, 0.5) is 5.13 Å². The van der Waals surface area contributed by atoms with Crippen LogP contribution in [0.1, 0.15) is 18.5 Å². The van der Waals surface area contributed by atoms with Crippen molar-refractivity contribution < 1.29 is 0 Å². The molecule has 2 aromatic rings. The third-order valence-corrected chi connectivity index (χ3v) is 5.26. The number of aromatic nitrogens is 2. The van der Waals surface area contributed by atoms with Crippen LogP contribution < -0.4 is 10.6 Å². The Morgan fingerprint density at radius 2 is 2.11 bits per heavy atom. The van der Waals surface area contributed by atoms with E-state index in [9.17, 15) is 0 Å². The largest absolute Gasteiger partial charge is 0.353 e. The number of hydrogen-bond donors (Lipinski definition) is 1. The molecule has 1 unspecified atom stereocenters. The number of rotatable bonds is 4. The van der Waals surface area contributed by atoms with Crippen molar-refractivity contribution in [1.82, 2.24) is 10.2 Å². The van der Waals surface area contributed by atoms with Gasteiger partial charge in [-0.05, 0) is 24.6 Å². The Balaban J connectivity index is 2.16. The standard InChI is InChI=1S/C12H15BrN4S2/c1-7(14)9-5-4-8(6-10(9)13)18-12-16-15-11(19-12)17(2)3/h4-7H,14H2,1-3H3. The van der Waals surface area contributed by atoms with Gasteiger partial charge in [0.25, 0.3) is 0 Å². The van der Waals surface area contributed by atoms with Gasteiger partial charge in [-0.25, -0.2) is 0 Å². The maximum atomic E-state index is 5.89. The average molecular weight is 359 g/mol. The lowest BCUT2D eigenvalue weighted by Gasteiger charge is -2.09. The minimum absolute atomic E-state index is 0.0234. The molecule has 19 heavy (non-hydrogen) atoms. The summed E-state index contributed by atoms with van der Waals surface area (Å²) in [6, 6.07) is 6.20. The second-order valence-corrected chi connectivity index (χ2v) is 7.45. The van der Waals surface area contributed by atoms with Gasteiger partial charge in [0.15, 0.2) is 4.34 Å². The van der Waals surface area contributed by atoms with Gasteiger partial charge in [0, 0.05) is 29.5 Å². The first kappa shape index (κ1) is 14.8. The van der Waals surface area contributed by atoms with Crippen LogP contribution in [0, 0.1) is 0 Å². The summed E-state index contributed by atoms with van der Waals surface area (Å²) in [4.78, 5) is 3.08. The van der Waals surface area contributed by atoms with Gasteiger partial charge < -0.3 is 10.6 Å². The van der Waals surface area contributed by atoms with Crippen LogP contribution in [0.3, 0.4) is 0 Å². The quantitative estimate of drug-likeness (QED) is 0.905. The molecule has 2 N–H and O–H groups in total. The normalized spacial score (nSPS) is 12.5. The second kappa shape index (κ2) is 6.21. The Morgan fingerprint density at radius 3 is 2.63 bits per heavy atom. The van der Waals surface area contributed by atoms with E-state index in [1.54, 1.807) is 23.1 Å². The van der Waals surface area contributed by atoms with Crippen LogP contribution in [0.2, 0.25) is 0 Å². The van der Waals surface area contributed by atoms with E-state index in [0.717, 1.165) is 24.4 Å². The van der Waals surface area contributed by atoms with E-state index in [2.05, 4.69) is 38.3 Å². The molecule has 1 aromatic carbocycles. The molecular weight excluding hydrogens is 344 g/mol. The van der Waals surface area contributed by atoms with E-state index in [1.807, 2.05) is 32.0 Å². The monoisotopic (exact) mass is 358 g/mol. The van der Waals surface area contributed by atoms with Crippen molar-refractivity contribution in [3.63, 3.8) is 0 Å². The number of hydrogen-bond acceptors (Lipinski definition) is 6. The third-order valence-electron chi connectivity index (χ3n) is 2.45. The zero-order valence-corrected chi connectivity index (χ0v) is 14.1. The molecule has 4 nitrogen and oxygen atoms in total. The summed E-state index contributed by atoms with van der Waals surface area (Å²) in [5.74, 6) is 0. The fourth-order valence-corrected chi connectivity index (χ4v) is 4.13. The van der Waals surface area contributed by atoms with Crippen LogP contribution in [0.5, 0.6) is 0 Å². The molecule has 0 amide bonds. The fourth-order valence-electron chi connectivity index (χ4n) is 1.47. The smallest absolute Gasteiger partial charge is 0.208 e. The van der Waals surface area contributed by atoms with Gasteiger partial charge in [0.05, 0.1) is 0 Å². The van der Waals surface area contributed by atoms with Crippen molar-refractivity contribution in [3.05, 3.63) is 28.2 Å². The van der Waals surface area contributed by atoms with Crippen LogP contribution >= 0.6 is 39.0 Å². The highest BCUT2D eigenvalue weighted by molar-refractivity contribution is 9.10. The summed E-state index contributed by atoms with van der Waals surface area (Å²) in [7, 11) is 3.92. The Bertz CT molecular complexity index is 569. The number of nitrogens with zero attached hydrogens (tertiary/aromatic N) is 3. The molecule has 0 saturated heterocycles. The first-order chi connectivity index (χ1) is 8.97. The molecule has 0 bridgehead atoms. The summed E-state index contributed by atoms with van der Waals surface area (Å²) in [6.07, 6.45) is 0. The molecule has 0 saturated carbocycles. The van der Waals surface area contributed by atoms with E-state index in [4.69, 9.17) is 5.73 Å². The van der Waals surface area contributed by atoms with Crippen molar-refractivity contribution in [1.29, 1.82) is 0 Å².